The lowest BCUT2D eigenvalue weighted by Crippen LogP contribution is -2.27. The number of pyridine rings is 1. The summed E-state index contributed by atoms with van der Waals surface area (Å²) < 4.78 is 11.0. The molecular formula is C25H23Cl2N3O3. The van der Waals surface area contributed by atoms with Crippen molar-refractivity contribution in [3.05, 3.63) is 66.7 Å². The van der Waals surface area contributed by atoms with Gasteiger partial charge in [-0.2, -0.15) is 0 Å². The number of carbonyl (C=O) groups is 1. The molecule has 6 nitrogen and oxygen atoms in total. The highest BCUT2D eigenvalue weighted by Gasteiger charge is 2.15. The van der Waals surface area contributed by atoms with E-state index in [1.807, 2.05) is 54.6 Å². The zero-order valence-corrected chi connectivity index (χ0v) is 19.6. The number of fused-ring (bicyclic) bond motifs is 2. The first-order valence-corrected chi connectivity index (χ1v) is 11.5. The lowest BCUT2D eigenvalue weighted by molar-refractivity contribution is 0.215. The molecule has 0 saturated carbocycles. The van der Waals surface area contributed by atoms with Gasteiger partial charge in [-0.05, 0) is 36.4 Å². The molecule has 1 amide bonds. The number of nitrogens with one attached hydrogen (secondary N) is 1. The molecule has 0 atom stereocenters. The van der Waals surface area contributed by atoms with Crippen LogP contribution in [0.15, 0.2) is 66.7 Å². The van der Waals surface area contributed by atoms with Crippen LogP contribution in [0, 0.1) is 0 Å². The van der Waals surface area contributed by atoms with E-state index < -0.39 is 6.09 Å². The number of amides is 1. The molecule has 4 rings (SSSR count). The number of anilines is 2. The Balaban J connectivity index is 1.60. The number of benzene rings is 3. The topological polar surface area (TPSA) is 63.7 Å². The van der Waals surface area contributed by atoms with Crippen molar-refractivity contribution in [2.75, 3.05) is 42.2 Å². The van der Waals surface area contributed by atoms with Gasteiger partial charge < -0.3 is 14.4 Å². The molecule has 1 aromatic heterocycles. The molecule has 0 aliphatic rings. The van der Waals surface area contributed by atoms with Crippen molar-refractivity contribution in [3.63, 3.8) is 0 Å². The van der Waals surface area contributed by atoms with E-state index in [4.69, 9.17) is 37.7 Å². The zero-order chi connectivity index (χ0) is 23.2. The first-order chi connectivity index (χ1) is 16.1. The van der Waals surface area contributed by atoms with Crippen molar-refractivity contribution in [2.24, 2.45) is 0 Å². The third kappa shape index (κ3) is 5.07. The fraction of sp³-hybridized carbons (Fsp3) is 0.200. The van der Waals surface area contributed by atoms with Gasteiger partial charge in [0.2, 0.25) is 0 Å². The Bertz CT molecular complexity index is 1260. The normalized spacial score (nSPS) is 10.9. The molecule has 0 saturated heterocycles. The van der Waals surface area contributed by atoms with E-state index in [2.05, 4.69) is 10.2 Å². The van der Waals surface area contributed by atoms with Gasteiger partial charge in [0.15, 0.2) is 0 Å². The maximum absolute atomic E-state index is 12.8. The van der Waals surface area contributed by atoms with Crippen LogP contribution in [0.25, 0.3) is 21.8 Å². The van der Waals surface area contributed by atoms with Crippen LogP contribution in [0.2, 0.25) is 0 Å². The van der Waals surface area contributed by atoms with Gasteiger partial charge in [-0.15, -0.1) is 23.2 Å². The summed E-state index contributed by atoms with van der Waals surface area (Å²) in [5, 5.41) is 4.47. The first kappa shape index (κ1) is 23.0. The largest absolute Gasteiger partial charge is 0.494 e. The summed E-state index contributed by atoms with van der Waals surface area (Å²) in [6.07, 6.45) is -0.596. The molecular weight excluding hydrogens is 461 g/mol. The second-order valence-corrected chi connectivity index (χ2v) is 7.99. The van der Waals surface area contributed by atoms with Crippen molar-refractivity contribution in [1.29, 1.82) is 0 Å². The fourth-order valence-corrected chi connectivity index (χ4v) is 4.13. The van der Waals surface area contributed by atoms with Gasteiger partial charge in [-0.25, -0.2) is 9.78 Å². The van der Waals surface area contributed by atoms with Crippen molar-refractivity contribution < 1.29 is 14.3 Å². The van der Waals surface area contributed by atoms with Crippen LogP contribution in [0.4, 0.5) is 16.2 Å². The SMILES string of the molecule is COc1cccc2c(NC(=O)Oc3ccc(N(CCCl)CCCl)cc3)c3ccccc3nc12. The van der Waals surface area contributed by atoms with Gasteiger partial charge in [0, 0.05) is 41.3 Å². The highest BCUT2D eigenvalue weighted by molar-refractivity contribution is 6.18. The number of halogens is 2. The number of aromatic nitrogens is 1. The van der Waals surface area contributed by atoms with Gasteiger partial charge in [0.1, 0.15) is 17.0 Å². The first-order valence-electron chi connectivity index (χ1n) is 10.5. The quantitative estimate of drug-likeness (QED) is 0.235. The minimum Gasteiger partial charge on any atom is -0.494 e. The van der Waals surface area contributed by atoms with Gasteiger partial charge in [0.25, 0.3) is 0 Å². The van der Waals surface area contributed by atoms with Crippen LogP contribution in [-0.4, -0.2) is 43.0 Å². The van der Waals surface area contributed by atoms with Crippen molar-refractivity contribution in [1.82, 2.24) is 4.98 Å². The Morgan fingerprint density at radius 2 is 1.64 bits per heavy atom. The van der Waals surface area contributed by atoms with Gasteiger partial charge >= 0.3 is 6.09 Å². The van der Waals surface area contributed by atoms with Crippen LogP contribution in [0.1, 0.15) is 0 Å². The third-order valence-corrected chi connectivity index (χ3v) is 5.58. The highest BCUT2D eigenvalue weighted by atomic mass is 35.5. The maximum Gasteiger partial charge on any atom is 0.417 e. The van der Waals surface area contributed by atoms with E-state index in [-0.39, 0.29) is 0 Å². The predicted molar refractivity (Wildman–Crippen MR) is 136 cm³/mol. The lowest BCUT2D eigenvalue weighted by Gasteiger charge is -2.22. The Labute approximate surface area is 202 Å². The molecule has 0 aliphatic carbocycles. The van der Waals surface area contributed by atoms with E-state index in [9.17, 15) is 4.79 Å². The number of carbonyl (C=O) groups excluding carboxylic acids is 1. The number of para-hydroxylation sites is 2. The highest BCUT2D eigenvalue weighted by Crippen LogP contribution is 2.35. The number of nitrogens with zero attached hydrogens (tertiary/aromatic N) is 2. The second-order valence-electron chi connectivity index (χ2n) is 7.23. The minimum atomic E-state index is -0.596. The van der Waals surface area contributed by atoms with Crippen molar-refractivity contribution >= 4 is 62.5 Å². The summed E-state index contributed by atoms with van der Waals surface area (Å²) in [4.78, 5) is 19.6. The van der Waals surface area contributed by atoms with E-state index in [0.29, 0.717) is 47.6 Å². The summed E-state index contributed by atoms with van der Waals surface area (Å²) in [5.41, 5.74) is 2.98. The van der Waals surface area contributed by atoms with E-state index in [1.54, 1.807) is 19.2 Å². The monoisotopic (exact) mass is 483 g/mol. The predicted octanol–water partition coefficient (Wildman–Crippen LogP) is 6.29. The molecule has 33 heavy (non-hydrogen) atoms. The summed E-state index contributed by atoms with van der Waals surface area (Å²) in [7, 11) is 1.60. The minimum absolute atomic E-state index is 0.424. The standard InChI is InChI=1S/C25H23Cl2N3O3/c1-32-22-8-4-6-20-23(19-5-2-3-7-21(19)28-24(20)22)29-25(31)33-18-11-9-17(10-12-18)30(15-13-26)16-14-27/h2-12H,13-16H2,1H3,(H,28,29,31). The van der Waals surface area contributed by atoms with Crippen molar-refractivity contribution in [2.45, 2.75) is 0 Å². The molecule has 0 radical (unpaired) electrons. The Kier molecular flexibility index (Phi) is 7.37. The maximum atomic E-state index is 12.8. The van der Waals surface area contributed by atoms with Crippen LogP contribution >= 0.6 is 23.2 Å². The average molecular weight is 484 g/mol. The number of rotatable bonds is 8. The Morgan fingerprint density at radius 3 is 2.33 bits per heavy atom. The second kappa shape index (κ2) is 10.6. The molecule has 4 aromatic rings. The van der Waals surface area contributed by atoms with E-state index in [1.165, 1.54) is 0 Å². The molecule has 3 aromatic carbocycles. The number of methoxy groups -OCH3 is 1. The Hall–Kier alpha value is -3.22. The molecule has 0 aliphatic heterocycles. The summed E-state index contributed by atoms with van der Waals surface area (Å²) >= 11 is 11.8. The summed E-state index contributed by atoms with van der Waals surface area (Å²) in [6, 6.07) is 20.4. The fourth-order valence-electron chi connectivity index (χ4n) is 3.72. The summed E-state index contributed by atoms with van der Waals surface area (Å²) in [6.45, 7) is 1.36. The Morgan fingerprint density at radius 1 is 0.939 bits per heavy atom. The molecule has 8 heteroatoms. The van der Waals surface area contributed by atoms with Gasteiger partial charge in [-0.3, -0.25) is 5.32 Å². The van der Waals surface area contributed by atoms with Crippen LogP contribution in [0.5, 0.6) is 11.5 Å². The van der Waals surface area contributed by atoms with Crippen LogP contribution in [-0.2, 0) is 0 Å². The van der Waals surface area contributed by atoms with E-state index >= 15 is 0 Å². The van der Waals surface area contributed by atoms with E-state index in [0.717, 1.165) is 22.0 Å². The molecule has 1 heterocycles. The molecule has 0 unspecified atom stereocenters. The van der Waals surface area contributed by atoms with Gasteiger partial charge in [-0.1, -0.05) is 30.3 Å². The van der Waals surface area contributed by atoms with Gasteiger partial charge in [0.05, 0.1) is 18.3 Å². The van der Waals surface area contributed by atoms with Crippen molar-refractivity contribution in [3.8, 4) is 11.5 Å². The van der Waals surface area contributed by atoms with Crippen LogP contribution in [0.3, 0.4) is 0 Å². The zero-order valence-electron chi connectivity index (χ0n) is 18.1. The summed E-state index contributed by atoms with van der Waals surface area (Å²) in [5.74, 6) is 2.05. The molecule has 0 spiro atoms. The number of hydrogen-bond donors (Lipinski definition) is 1. The average Bonchev–Trinajstić information content (AvgIpc) is 2.84. The molecule has 0 bridgehead atoms. The number of hydrogen-bond acceptors (Lipinski definition) is 5. The number of ether oxygens (including phenoxy) is 2. The lowest BCUT2D eigenvalue weighted by atomic mass is 10.1. The molecule has 170 valence electrons. The molecule has 1 N–H and O–H groups in total. The van der Waals surface area contributed by atoms with Crippen LogP contribution < -0.4 is 19.7 Å². The number of alkyl halides is 2. The molecule has 0 fully saturated rings. The third-order valence-electron chi connectivity index (χ3n) is 5.24. The smallest absolute Gasteiger partial charge is 0.417 e.